The van der Waals surface area contributed by atoms with Crippen LogP contribution >= 0.6 is 0 Å². The Morgan fingerprint density at radius 2 is 1.63 bits per heavy atom. The predicted octanol–water partition coefficient (Wildman–Crippen LogP) is 5.75. The number of piperidine rings is 1. The van der Waals surface area contributed by atoms with Crippen LogP contribution in [-0.4, -0.2) is 55.4 Å². The molecule has 0 radical (unpaired) electrons. The Labute approximate surface area is 247 Å². The number of aliphatic hydroxyl groups excluding tert-OH is 1. The third-order valence-corrected chi connectivity index (χ3v) is 7.20. The van der Waals surface area contributed by atoms with Crippen LogP contribution in [0.3, 0.4) is 0 Å². The van der Waals surface area contributed by atoms with Crippen molar-refractivity contribution in [2.24, 2.45) is 0 Å². The minimum atomic E-state index is -5.26. The van der Waals surface area contributed by atoms with Gasteiger partial charge in [-0.1, -0.05) is 66.7 Å². The molecular weight excluding hydrogens is 563 g/mol. The topological polar surface area (TPSA) is 86.3 Å². The second kappa shape index (κ2) is 13.9. The highest BCUT2D eigenvalue weighted by molar-refractivity contribution is 5.82. The molecule has 0 saturated carbocycles. The lowest BCUT2D eigenvalue weighted by molar-refractivity contribution is -0.227. The molecule has 7 nitrogen and oxygen atoms in total. The van der Waals surface area contributed by atoms with E-state index in [1.807, 2.05) is 12.1 Å². The first-order valence-electron chi connectivity index (χ1n) is 14.0. The number of carbonyl (C=O) groups is 1. The Bertz CT molecular complexity index is 1480. The summed E-state index contributed by atoms with van der Waals surface area (Å²) in [6.07, 6.45) is -8.21. The first-order chi connectivity index (χ1) is 20.8. The average molecular weight is 596 g/mol. The van der Waals surface area contributed by atoms with Gasteiger partial charge in [0.15, 0.2) is 6.10 Å². The van der Waals surface area contributed by atoms with E-state index >= 15 is 0 Å². The number of aliphatic hydroxyl groups is 1. The first-order valence-corrected chi connectivity index (χ1v) is 14.0. The van der Waals surface area contributed by atoms with Gasteiger partial charge in [-0.3, -0.25) is 0 Å². The van der Waals surface area contributed by atoms with Gasteiger partial charge < -0.3 is 29.4 Å². The van der Waals surface area contributed by atoms with Crippen LogP contribution in [0.1, 0.15) is 23.5 Å². The number of ether oxygens (including phenoxy) is 4. The van der Waals surface area contributed by atoms with Gasteiger partial charge in [0.25, 0.3) is 6.29 Å². The molecule has 5 rings (SSSR count). The zero-order valence-electron chi connectivity index (χ0n) is 23.2. The van der Waals surface area contributed by atoms with Gasteiger partial charge >= 0.3 is 12.1 Å². The molecule has 4 aromatic rings. The summed E-state index contributed by atoms with van der Waals surface area (Å²) in [5.41, 5.74) is 2.04. The molecule has 10 heteroatoms. The Balaban J connectivity index is 1.24. The summed E-state index contributed by atoms with van der Waals surface area (Å²) in [7, 11) is 0. The molecule has 0 bridgehead atoms. The second-order valence-electron chi connectivity index (χ2n) is 10.3. The van der Waals surface area contributed by atoms with Gasteiger partial charge in [0.1, 0.15) is 18.1 Å². The van der Waals surface area contributed by atoms with Gasteiger partial charge in [0, 0.05) is 12.5 Å². The summed E-state index contributed by atoms with van der Waals surface area (Å²) in [5, 5.41) is 16.2. The summed E-state index contributed by atoms with van der Waals surface area (Å²) in [4.78, 5) is 11.6. The lowest BCUT2D eigenvalue weighted by atomic mass is 9.87. The molecule has 1 fully saturated rings. The smallest absolute Gasteiger partial charge is 0.491 e. The normalized spacial score (nSPS) is 18.5. The number of hydrogen-bond donors (Lipinski definition) is 2. The second-order valence-corrected chi connectivity index (χ2v) is 10.3. The molecule has 0 aliphatic carbocycles. The standard InChI is InChI=1S/C33H32F3NO6/c34-33(35,36)32(39)43-31(29(38)21-40-26-8-2-1-3-9-26)42-27-14-12-24(13-15-27)28-16-17-37-19-30(28)41-20-22-10-11-23-6-4-5-7-25(23)18-22/h1-15,18,28-31,37-38H,16-17,19-21H2. The molecule has 2 N–H and O–H groups in total. The Morgan fingerprint density at radius 3 is 2.37 bits per heavy atom. The fourth-order valence-electron chi connectivity index (χ4n) is 4.98. The molecule has 0 amide bonds. The number of fused-ring (bicyclic) bond motifs is 1. The van der Waals surface area contributed by atoms with Gasteiger partial charge in [-0.05, 0) is 65.2 Å². The number of hydrogen-bond acceptors (Lipinski definition) is 7. The number of carbonyl (C=O) groups excluding carboxylic acids is 1. The van der Waals surface area contributed by atoms with E-state index in [4.69, 9.17) is 14.2 Å². The average Bonchev–Trinajstić information content (AvgIpc) is 3.02. The van der Waals surface area contributed by atoms with Crippen LogP contribution in [0.25, 0.3) is 10.8 Å². The van der Waals surface area contributed by atoms with Crippen LogP contribution < -0.4 is 14.8 Å². The highest BCUT2D eigenvalue weighted by atomic mass is 19.4. The van der Waals surface area contributed by atoms with E-state index < -0.39 is 31.1 Å². The van der Waals surface area contributed by atoms with E-state index in [2.05, 4.69) is 40.4 Å². The van der Waals surface area contributed by atoms with Crippen molar-refractivity contribution in [3.63, 3.8) is 0 Å². The van der Waals surface area contributed by atoms with Crippen molar-refractivity contribution in [3.05, 3.63) is 108 Å². The van der Waals surface area contributed by atoms with E-state index in [0.29, 0.717) is 18.9 Å². The summed E-state index contributed by atoms with van der Waals surface area (Å²) in [5.74, 6) is -1.91. The van der Waals surface area contributed by atoms with Crippen molar-refractivity contribution in [2.45, 2.75) is 43.6 Å². The summed E-state index contributed by atoms with van der Waals surface area (Å²) in [6, 6.07) is 29.5. The fraction of sp³-hybridized carbons (Fsp3) is 0.303. The van der Waals surface area contributed by atoms with Gasteiger partial charge in [0.05, 0.1) is 12.7 Å². The molecule has 43 heavy (non-hydrogen) atoms. The maximum absolute atomic E-state index is 12.9. The zero-order valence-corrected chi connectivity index (χ0v) is 23.2. The van der Waals surface area contributed by atoms with Crippen molar-refractivity contribution in [3.8, 4) is 11.5 Å². The monoisotopic (exact) mass is 595 g/mol. The van der Waals surface area contributed by atoms with E-state index in [0.717, 1.165) is 34.9 Å². The van der Waals surface area contributed by atoms with Crippen molar-refractivity contribution < 1.29 is 42.0 Å². The van der Waals surface area contributed by atoms with Gasteiger partial charge in [0.2, 0.25) is 0 Å². The van der Waals surface area contributed by atoms with Crippen molar-refractivity contribution in [2.75, 3.05) is 19.7 Å². The number of alkyl halides is 3. The van der Waals surface area contributed by atoms with Gasteiger partial charge in [-0.15, -0.1) is 0 Å². The summed E-state index contributed by atoms with van der Waals surface area (Å²) in [6.45, 7) is 1.45. The molecule has 0 aromatic heterocycles. The van der Waals surface area contributed by atoms with Gasteiger partial charge in [-0.2, -0.15) is 13.2 Å². The summed E-state index contributed by atoms with van der Waals surface area (Å²) < 4.78 is 60.6. The van der Waals surface area contributed by atoms with E-state index in [9.17, 15) is 23.1 Å². The molecule has 4 atom stereocenters. The Hall–Kier alpha value is -4.12. The van der Waals surface area contributed by atoms with E-state index in [1.165, 1.54) is 0 Å². The quantitative estimate of drug-likeness (QED) is 0.169. The zero-order chi connectivity index (χ0) is 30.2. The van der Waals surface area contributed by atoms with Gasteiger partial charge in [-0.25, -0.2) is 4.79 Å². The van der Waals surface area contributed by atoms with E-state index in [1.54, 1.807) is 54.6 Å². The summed E-state index contributed by atoms with van der Waals surface area (Å²) >= 11 is 0. The largest absolute Gasteiger partial charge is 0.491 e. The number of halogens is 3. The molecule has 1 aliphatic rings. The minimum Gasteiger partial charge on any atom is -0.491 e. The van der Waals surface area contributed by atoms with E-state index in [-0.39, 0.29) is 17.8 Å². The molecule has 1 aliphatic heterocycles. The molecule has 1 saturated heterocycles. The minimum absolute atomic E-state index is 0.0690. The number of para-hydroxylation sites is 1. The first kappa shape index (κ1) is 30.3. The number of nitrogens with one attached hydrogen (secondary N) is 1. The SMILES string of the molecule is O=C(OC(Oc1ccc(C2CCNCC2OCc2ccc3ccccc3c2)cc1)C(O)COc1ccccc1)C(F)(F)F. The Morgan fingerprint density at radius 1 is 0.907 bits per heavy atom. The van der Waals surface area contributed by atoms with Crippen molar-refractivity contribution >= 4 is 16.7 Å². The number of benzene rings is 4. The van der Waals surface area contributed by atoms with Crippen molar-refractivity contribution in [1.82, 2.24) is 5.32 Å². The van der Waals surface area contributed by atoms with Crippen LogP contribution in [0.2, 0.25) is 0 Å². The third-order valence-electron chi connectivity index (χ3n) is 7.20. The number of esters is 1. The molecule has 4 unspecified atom stereocenters. The molecule has 226 valence electrons. The maximum Gasteiger partial charge on any atom is 0.491 e. The van der Waals surface area contributed by atoms with Crippen molar-refractivity contribution in [1.29, 1.82) is 0 Å². The van der Waals surface area contributed by atoms with Crippen LogP contribution in [0.5, 0.6) is 11.5 Å². The molecule has 1 heterocycles. The molecule has 0 spiro atoms. The molecular formula is C33H32F3NO6. The maximum atomic E-state index is 12.9. The predicted molar refractivity (Wildman–Crippen MR) is 154 cm³/mol. The van der Waals surface area contributed by atoms with Crippen LogP contribution in [0, 0.1) is 0 Å². The lowest BCUT2D eigenvalue weighted by Gasteiger charge is -2.32. The fourth-order valence-corrected chi connectivity index (χ4v) is 4.98. The highest BCUT2D eigenvalue weighted by Crippen LogP contribution is 2.31. The highest BCUT2D eigenvalue weighted by Gasteiger charge is 2.44. The van der Waals surface area contributed by atoms with Crippen LogP contribution in [0.4, 0.5) is 13.2 Å². The lowest BCUT2D eigenvalue weighted by Crippen LogP contribution is -2.43. The van der Waals surface area contributed by atoms with Crippen LogP contribution in [-0.2, 0) is 20.9 Å². The molecule has 4 aromatic carbocycles. The number of rotatable bonds is 11. The Kier molecular flexibility index (Phi) is 9.81. The van der Waals surface area contributed by atoms with Crippen LogP contribution in [0.15, 0.2) is 97.1 Å². The third kappa shape index (κ3) is 8.25.